The minimum absolute atomic E-state index is 0.257. The molecular weight excluding hydrogens is 368 g/mol. The van der Waals surface area contributed by atoms with Crippen LogP contribution >= 0.6 is 12.2 Å². The minimum atomic E-state index is -0.322. The van der Waals surface area contributed by atoms with Crippen LogP contribution in [0.1, 0.15) is 31.1 Å². The lowest BCUT2D eigenvalue weighted by Gasteiger charge is -2.15. The summed E-state index contributed by atoms with van der Waals surface area (Å²) in [5.74, 6) is 1.37. The van der Waals surface area contributed by atoms with E-state index in [1.165, 1.54) is 6.08 Å². The summed E-state index contributed by atoms with van der Waals surface area (Å²) in [6.07, 6.45) is 3.02. The molecule has 0 fully saturated rings. The summed E-state index contributed by atoms with van der Waals surface area (Å²) in [7, 11) is 0. The molecular formula is C23H22N2O2S. The van der Waals surface area contributed by atoms with Gasteiger partial charge in [-0.15, -0.1) is 0 Å². The van der Waals surface area contributed by atoms with Crippen molar-refractivity contribution >= 4 is 35.0 Å². The molecule has 1 heterocycles. The Morgan fingerprint density at radius 1 is 1.00 bits per heavy atom. The highest BCUT2D eigenvalue weighted by Gasteiger charge is 2.08. The molecule has 0 saturated heterocycles. The van der Waals surface area contributed by atoms with E-state index in [1.54, 1.807) is 6.08 Å². The first kappa shape index (κ1) is 19.6. The number of carbonyl (C=O) groups excluding carboxylic acids is 1. The highest BCUT2D eigenvalue weighted by Crippen LogP contribution is 2.24. The third kappa shape index (κ3) is 5.18. The second kappa shape index (κ2) is 9.15. The Kier molecular flexibility index (Phi) is 6.40. The standard InChI is InChI=1S/C23H22N2O2S/c1-16(2)19-10-6-7-11-20(19)24-23(28)25-22(26)15-13-18-12-14-21(27-18)17-8-4-3-5-9-17/h3-16H,1-2H3,(H2,24,25,26,28)/b15-13+. The van der Waals surface area contributed by atoms with Crippen LogP contribution in [-0.4, -0.2) is 11.0 Å². The molecule has 142 valence electrons. The maximum Gasteiger partial charge on any atom is 0.250 e. The molecule has 0 radical (unpaired) electrons. The molecule has 0 unspecified atom stereocenters. The van der Waals surface area contributed by atoms with Gasteiger partial charge < -0.3 is 9.73 Å². The first-order valence-corrected chi connectivity index (χ1v) is 9.48. The Bertz CT molecular complexity index is 991. The van der Waals surface area contributed by atoms with Gasteiger partial charge in [0.1, 0.15) is 11.5 Å². The van der Waals surface area contributed by atoms with Crippen LogP contribution in [-0.2, 0) is 4.79 Å². The molecule has 3 aromatic rings. The molecule has 1 aromatic heterocycles. The van der Waals surface area contributed by atoms with Gasteiger partial charge in [0.2, 0.25) is 5.91 Å². The Morgan fingerprint density at radius 3 is 2.46 bits per heavy atom. The molecule has 1 amide bonds. The fourth-order valence-electron chi connectivity index (χ4n) is 2.78. The normalized spacial score (nSPS) is 11.0. The summed E-state index contributed by atoms with van der Waals surface area (Å²) in [5.41, 5.74) is 3.02. The highest BCUT2D eigenvalue weighted by atomic mass is 32.1. The van der Waals surface area contributed by atoms with E-state index in [9.17, 15) is 4.79 Å². The van der Waals surface area contributed by atoms with E-state index in [4.69, 9.17) is 16.6 Å². The van der Waals surface area contributed by atoms with Crippen LogP contribution in [0.25, 0.3) is 17.4 Å². The summed E-state index contributed by atoms with van der Waals surface area (Å²) in [6.45, 7) is 4.22. The molecule has 0 saturated carbocycles. The molecule has 0 aliphatic rings. The quantitative estimate of drug-likeness (QED) is 0.440. The van der Waals surface area contributed by atoms with E-state index in [-0.39, 0.29) is 11.0 Å². The summed E-state index contributed by atoms with van der Waals surface area (Å²) in [6, 6.07) is 21.4. The van der Waals surface area contributed by atoms with Gasteiger partial charge in [-0.05, 0) is 48.0 Å². The maximum atomic E-state index is 12.1. The first-order chi connectivity index (χ1) is 13.5. The smallest absolute Gasteiger partial charge is 0.250 e. The Balaban J connectivity index is 1.58. The van der Waals surface area contributed by atoms with Crippen LogP contribution in [0, 0.1) is 0 Å². The molecule has 0 aliphatic carbocycles. The number of anilines is 1. The number of thiocarbonyl (C=S) groups is 1. The number of para-hydroxylation sites is 1. The zero-order valence-electron chi connectivity index (χ0n) is 15.8. The lowest BCUT2D eigenvalue weighted by Crippen LogP contribution is -2.33. The molecule has 0 atom stereocenters. The van der Waals surface area contributed by atoms with E-state index < -0.39 is 0 Å². The van der Waals surface area contributed by atoms with Crippen molar-refractivity contribution < 1.29 is 9.21 Å². The predicted octanol–water partition coefficient (Wildman–Crippen LogP) is 5.60. The minimum Gasteiger partial charge on any atom is -0.457 e. The van der Waals surface area contributed by atoms with Crippen LogP contribution in [0.4, 0.5) is 5.69 Å². The molecule has 0 bridgehead atoms. The number of hydrogen-bond donors (Lipinski definition) is 2. The monoisotopic (exact) mass is 390 g/mol. The second-order valence-corrected chi connectivity index (χ2v) is 6.99. The van der Waals surface area contributed by atoms with Crippen molar-refractivity contribution in [1.29, 1.82) is 0 Å². The van der Waals surface area contributed by atoms with Crippen LogP contribution in [0.3, 0.4) is 0 Å². The maximum absolute atomic E-state index is 12.1. The van der Waals surface area contributed by atoms with Crippen LogP contribution in [0.15, 0.2) is 77.2 Å². The summed E-state index contributed by atoms with van der Waals surface area (Å²) in [4.78, 5) is 12.1. The third-order valence-electron chi connectivity index (χ3n) is 4.15. The molecule has 0 aliphatic heterocycles. The zero-order chi connectivity index (χ0) is 19.9. The predicted molar refractivity (Wildman–Crippen MR) is 118 cm³/mol. The van der Waals surface area contributed by atoms with Gasteiger partial charge in [-0.1, -0.05) is 62.4 Å². The van der Waals surface area contributed by atoms with Crippen molar-refractivity contribution in [2.45, 2.75) is 19.8 Å². The van der Waals surface area contributed by atoms with Gasteiger partial charge in [-0.2, -0.15) is 0 Å². The van der Waals surface area contributed by atoms with Gasteiger partial charge in [0.05, 0.1) is 0 Å². The van der Waals surface area contributed by atoms with Gasteiger partial charge in [-0.25, -0.2) is 0 Å². The van der Waals surface area contributed by atoms with E-state index in [0.717, 1.165) is 22.6 Å². The summed E-state index contributed by atoms with van der Waals surface area (Å²) in [5, 5.41) is 6.00. The van der Waals surface area contributed by atoms with Crippen LogP contribution in [0.5, 0.6) is 0 Å². The number of hydrogen-bond acceptors (Lipinski definition) is 3. The van der Waals surface area contributed by atoms with Crippen molar-refractivity contribution in [2.75, 3.05) is 5.32 Å². The van der Waals surface area contributed by atoms with Crippen molar-refractivity contribution in [1.82, 2.24) is 5.32 Å². The van der Waals surface area contributed by atoms with Gasteiger partial charge in [0.25, 0.3) is 0 Å². The molecule has 0 spiro atoms. The fraction of sp³-hybridized carbons (Fsp3) is 0.130. The van der Waals surface area contributed by atoms with Crippen molar-refractivity contribution in [3.05, 3.63) is 84.1 Å². The van der Waals surface area contributed by atoms with Gasteiger partial charge in [0.15, 0.2) is 5.11 Å². The molecule has 28 heavy (non-hydrogen) atoms. The van der Waals surface area contributed by atoms with Crippen molar-refractivity contribution in [3.63, 3.8) is 0 Å². The Labute approximate surface area is 170 Å². The average Bonchev–Trinajstić information content (AvgIpc) is 3.16. The van der Waals surface area contributed by atoms with Crippen LogP contribution in [0.2, 0.25) is 0 Å². The summed E-state index contributed by atoms with van der Waals surface area (Å²) < 4.78 is 5.75. The molecule has 2 N–H and O–H groups in total. The van der Waals surface area contributed by atoms with Gasteiger partial charge in [-0.3, -0.25) is 10.1 Å². The lowest BCUT2D eigenvalue weighted by atomic mass is 10.0. The number of carbonyl (C=O) groups is 1. The molecule has 5 heteroatoms. The Morgan fingerprint density at radius 2 is 1.71 bits per heavy atom. The van der Waals surface area contributed by atoms with E-state index in [1.807, 2.05) is 66.7 Å². The Hall–Kier alpha value is -3.18. The topological polar surface area (TPSA) is 54.3 Å². The number of amides is 1. The van der Waals surface area contributed by atoms with E-state index >= 15 is 0 Å². The van der Waals surface area contributed by atoms with Gasteiger partial charge >= 0.3 is 0 Å². The SMILES string of the molecule is CC(C)c1ccccc1NC(=S)NC(=O)/C=C/c1ccc(-c2ccccc2)o1. The molecule has 4 nitrogen and oxygen atoms in total. The first-order valence-electron chi connectivity index (χ1n) is 9.07. The fourth-order valence-corrected chi connectivity index (χ4v) is 2.99. The number of benzene rings is 2. The third-order valence-corrected chi connectivity index (χ3v) is 4.36. The number of nitrogens with one attached hydrogen (secondary N) is 2. The zero-order valence-corrected chi connectivity index (χ0v) is 16.6. The van der Waals surface area contributed by atoms with E-state index in [0.29, 0.717) is 11.7 Å². The van der Waals surface area contributed by atoms with Gasteiger partial charge in [0, 0.05) is 17.3 Å². The number of rotatable bonds is 5. The van der Waals surface area contributed by atoms with Crippen molar-refractivity contribution in [3.8, 4) is 11.3 Å². The van der Waals surface area contributed by atoms with E-state index in [2.05, 4.69) is 24.5 Å². The largest absolute Gasteiger partial charge is 0.457 e. The average molecular weight is 391 g/mol. The van der Waals surface area contributed by atoms with Crippen molar-refractivity contribution in [2.24, 2.45) is 0 Å². The lowest BCUT2D eigenvalue weighted by molar-refractivity contribution is -0.115. The highest BCUT2D eigenvalue weighted by molar-refractivity contribution is 7.80. The molecule has 3 rings (SSSR count). The second-order valence-electron chi connectivity index (χ2n) is 6.59. The number of furan rings is 1. The summed E-state index contributed by atoms with van der Waals surface area (Å²) >= 11 is 5.26. The molecule has 2 aromatic carbocycles. The van der Waals surface area contributed by atoms with Crippen LogP contribution < -0.4 is 10.6 Å².